The lowest BCUT2D eigenvalue weighted by molar-refractivity contribution is 0.0828. The molecule has 2 aromatic rings. The van der Waals surface area contributed by atoms with E-state index in [0.717, 1.165) is 21.9 Å². The number of fused-ring (bicyclic) bond motifs is 1. The highest BCUT2D eigenvalue weighted by Crippen LogP contribution is 2.43. The van der Waals surface area contributed by atoms with Crippen molar-refractivity contribution in [3.8, 4) is 5.75 Å². The molecule has 0 atom stereocenters. The van der Waals surface area contributed by atoms with Crippen LogP contribution in [0.4, 0.5) is 0 Å². The van der Waals surface area contributed by atoms with Gasteiger partial charge in [0.25, 0.3) is 0 Å². The molecule has 110 valence electrons. The van der Waals surface area contributed by atoms with Crippen molar-refractivity contribution in [3.63, 3.8) is 0 Å². The fraction of sp³-hybridized carbons (Fsp3) is 0.389. The van der Waals surface area contributed by atoms with E-state index in [1.165, 1.54) is 19.3 Å². The highest BCUT2D eigenvalue weighted by molar-refractivity contribution is 9.09. The summed E-state index contributed by atoms with van der Waals surface area (Å²) in [5, 5.41) is 3.09. The maximum Gasteiger partial charge on any atom is 0.163 e. The fourth-order valence-corrected chi connectivity index (χ4v) is 3.62. The Labute approximate surface area is 133 Å². The van der Waals surface area contributed by atoms with E-state index in [1.54, 1.807) is 6.92 Å². The molecule has 1 fully saturated rings. The summed E-state index contributed by atoms with van der Waals surface area (Å²) in [6.07, 6.45) is 3.65. The molecular weight excluding hydrogens is 328 g/mol. The van der Waals surface area contributed by atoms with Crippen molar-refractivity contribution >= 4 is 32.5 Å². The lowest BCUT2D eigenvalue weighted by atomic mass is 9.71. The first-order valence-electron chi connectivity index (χ1n) is 7.37. The molecule has 0 heterocycles. The maximum atomic E-state index is 11.9. The Morgan fingerprint density at radius 1 is 1.24 bits per heavy atom. The van der Waals surface area contributed by atoms with Crippen molar-refractivity contribution in [1.29, 1.82) is 0 Å². The van der Waals surface area contributed by atoms with Crippen molar-refractivity contribution in [2.24, 2.45) is 5.41 Å². The molecule has 0 amide bonds. The van der Waals surface area contributed by atoms with Gasteiger partial charge in [-0.25, -0.2) is 0 Å². The number of carbonyl (C=O) groups excluding carboxylic acids is 1. The molecular formula is C18H19BrO2. The highest BCUT2D eigenvalue weighted by atomic mass is 79.9. The molecule has 3 rings (SSSR count). The number of hydrogen-bond acceptors (Lipinski definition) is 2. The van der Waals surface area contributed by atoms with E-state index in [4.69, 9.17) is 4.74 Å². The monoisotopic (exact) mass is 346 g/mol. The predicted octanol–water partition coefficient (Wildman–Crippen LogP) is 4.99. The summed E-state index contributed by atoms with van der Waals surface area (Å²) < 4.78 is 6.16. The number of ether oxygens (including phenoxy) is 1. The zero-order valence-corrected chi connectivity index (χ0v) is 13.8. The number of halogens is 1. The minimum atomic E-state index is 0.0530. The van der Waals surface area contributed by atoms with Crippen molar-refractivity contribution in [2.45, 2.75) is 26.2 Å². The molecule has 0 unspecified atom stereocenters. The van der Waals surface area contributed by atoms with Crippen LogP contribution >= 0.6 is 15.9 Å². The molecule has 2 nitrogen and oxygen atoms in total. The van der Waals surface area contributed by atoms with E-state index in [-0.39, 0.29) is 11.2 Å². The van der Waals surface area contributed by atoms with Gasteiger partial charge in [0.1, 0.15) is 5.75 Å². The molecule has 1 saturated carbocycles. The number of ketones is 1. The fourth-order valence-electron chi connectivity index (χ4n) is 2.89. The second-order valence-electron chi connectivity index (χ2n) is 6.00. The average molecular weight is 347 g/mol. The Morgan fingerprint density at radius 2 is 2.00 bits per heavy atom. The van der Waals surface area contributed by atoms with Gasteiger partial charge >= 0.3 is 0 Å². The first-order valence-corrected chi connectivity index (χ1v) is 8.49. The van der Waals surface area contributed by atoms with E-state index in [2.05, 4.69) is 22.0 Å². The van der Waals surface area contributed by atoms with E-state index in [9.17, 15) is 4.79 Å². The third kappa shape index (κ3) is 2.71. The van der Waals surface area contributed by atoms with E-state index in [1.807, 2.05) is 30.3 Å². The lowest BCUT2D eigenvalue weighted by Gasteiger charge is -2.40. The number of benzene rings is 2. The molecule has 2 aromatic carbocycles. The van der Waals surface area contributed by atoms with Crippen LogP contribution in [-0.2, 0) is 0 Å². The molecule has 0 saturated heterocycles. The molecule has 3 heteroatoms. The van der Waals surface area contributed by atoms with Gasteiger partial charge in [0, 0.05) is 16.1 Å². The van der Waals surface area contributed by atoms with Crippen LogP contribution in [0.25, 0.3) is 10.8 Å². The summed E-state index contributed by atoms with van der Waals surface area (Å²) in [6, 6.07) is 11.9. The first kappa shape index (κ1) is 14.6. The molecule has 0 radical (unpaired) electrons. The third-order valence-corrected chi connectivity index (χ3v) is 5.67. The standard InChI is InChI=1S/C18H19BrO2/c1-13(20)15-8-7-14-5-2-3-6-16(14)17(15)21-12-18(11-19)9-4-10-18/h2-3,5-8H,4,9-12H2,1H3. The van der Waals surface area contributed by atoms with Gasteiger partial charge in [-0.1, -0.05) is 52.7 Å². The Kier molecular flexibility index (Phi) is 4.03. The summed E-state index contributed by atoms with van der Waals surface area (Å²) in [4.78, 5) is 11.9. The van der Waals surface area contributed by atoms with Gasteiger partial charge in [-0.05, 0) is 31.2 Å². The van der Waals surface area contributed by atoms with Crippen LogP contribution in [0.3, 0.4) is 0 Å². The number of hydrogen-bond donors (Lipinski definition) is 0. The van der Waals surface area contributed by atoms with Crippen LogP contribution in [0, 0.1) is 5.41 Å². The second-order valence-corrected chi connectivity index (χ2v) is 6.56. The van der Waals surface area contributed by atoms with Crippen molar-refractivity contribution in [3.05, 3.63) is 42.0 Å². The van der Waals surface area contributed by atoms with Crippen molar-refractivity contribution in [2.75, 3.05) is 11.9 Å². The largest absolute Gasteiger partial charge is 0.492 e. The summed E-state index contributed by atoms with van der Waals surface area (Å²) in [7, 11) is 0. The minimum Gasteiger partial charge on any atom is -0.492 e. The van der Waals surface area contributed by atoms with Crippen molar-refractivity contribution in [1.82, 2.24) is 0 Å². The topological polar surface area (TPSA) is 26.3 Å². The number of rotatable bonds is 5. The molecule has 0 aliphatic heterocycles. The molecule has 21 heavy (non-hydrogen) atoms. The van der Waals surface area contributed by atoms with Crippen LogP contribution in [-0.4, -0.2) is 17.7 Å². The lowest BCUT2D eigenvalue weighted by Crippen LogP contribution is -2.37. The number of alkyl halides is 1. The summed E-state index contributed by atoms with van der Waals surface area (Å²) in [5.41, 5.74) is 0.920. The van der Waals surface area contributed by atoms with Crippen LogP contribution in [0.2, 0.25) is 0 Å². The van der Waals surface area contributed by atoms with Gasteiger partial charge in [0.15, 0.2) is 5.78 Å². The van der Waals surface area contributed by atoms with Gasteiger partial charge in [-0.2, -0.15) is 0 Å². The van der Waals surface area contributed by atoms with Gasteiger partial charge in [0.05, 0.1) is 12.2 Å². The third-order valence-electron chi connectivity index (χ3n) is 4.48. The minimum absolute atomic E-state index is 0.0530. The van der Waals surface area contributed by atoms with Crippen LogP contribution in [0.5, 0.6) is 5.75 Å². The SMILES string of the molecule is CC(=O)c1ccc2ccccc2c1OCC1(CBr)CCC1. The quantitative estimate of drug-likeness (QED) is 0.563. The Bertz CT molecular complexity index is 668. The van der Waals surface area contributed by atoms with E-state index >= 15 is 0 Å². The molecule has 1 aliphatic rings. The zero-order valence-electron chi connectivity index (χ0n) is 12.2. The molecule has 1 aliphatic carbocycles. The number of Topliss-reactive ketones (excluding diaryl/α,β-unsaturated/α-hetero) is 1. The van der Waals surface area contributed by atoms with E-state index in [0.29, 0.717) is 12.2 Å². The molecule has 0 spiro atoms. The van der Waals surface area contributed by atoms with Crippen LogP contribution < -0.4 is 4.74 Å². The van der Waals surface area contributed by atoms with E-state index < -0.39 is 0 Å². The van der Waals surface area contributed by atoms with Gasteiger partial charge in [-0.3, -0.25) is 4.79 Å². The Hall–Kier alpha value is -1.35. The average Bonchev–Trinajstić information content (AvgIpc) is 2.46. The Balaban J connectivity index is 1.98. The van der Waals surface area contributed by atoms with Gasteiger partial charge < -0.3 is 4.74 Å². The van der Waals surface area contributed by atoms with Crippen LogP contribution in [0.1, 0.15) is 36.5 Å². The second kappa shape index (κ2) is 5.80. The van der Waals surface area contributed by atoms with Gasteiger partial charge in [-0.15, -0.1) is 0 Å². The normalized spacial score (nSPS) is 16.5. The number of carbonyl (C=O) groups is 1. The summed E-state index contributed by atoms with van der Waals surface area (Å²) in [5.74, 6) is 0.796. The Morgan fingerprint density at radius 3 is 2.62 bits per heavy atom. The maximum absolute atomic E-state index is 11.9. The van der Waals surface area contributed by atoms with Gasteiger partial charge in [0.2, 0.25) is 0 Å². The van der Waals surface area contributed by atoms with Crippen molar-refractivity contribution < 1.29 is 9.53 Å². The molecule has 0 N–H and O–H groups in total. The smallest absolute Gasteiger partial charge is 0.163 e. The first-order chi connectivity index (χ1) is 10.2. The molecule has 0 bridgehead atoms. The van der Waals surface area contributed by atoms with Crippen LogP contribution in [0.15, 0.2) is 36.4 Å². The summed E-state index contributed by atoms with van der Waals surface area (Å²) in [6.45, 7) is 2.27. The highest BCUT2D eigenvalue weighted by Gasteiger charge is 2.37. The molecule has 0 aromatic heterocycles. The zero-order chi connectivity index (χ0) is 14.9. The summed E-state index contributed by atoms with van der Waals surface area (Å²) >= 11 is 3.61. The predicted molar refractivity (Wildman–Crippen MR) is 89.5 cm³/mol.